The van der Waals surface area contributed by atoms with E-state index >= 15 is 0 Å². The van der Waals surface area contributed by atoms with Gasteiger partial charge in [-0.3, -0.25) is 9.78 Å². The number of hydrogen-bond donors (Lipinski definition) is 2. The Morgan fingerprint density at radius 1 is 1.23 bits per heavy atom. The van der Waals surface area contributed by atoms with Crippen LogP contribution in [0.2, 0.25) is 0 Å². The zero-order valence-electron chi connectivity index (χ0n) is 12.6. The van der Waals surface area contributed by atoms with Gasteiger partial charge in [-0.05, 0) is 43.3 Å². The summed E-state index contributed by atoms with van der Waals surface area (Å²) < 4.78 is 0.995. The van der Waals surface area contributed by atoms with E-state index in [0.717, 1.165) is 28.8 Å². The molecule has 0 aliphatic heterocycles. The van der Waals surface area contributed by atoms with E-state index in [0.29, 0.717) is 6.42 Å². The summed E-state index contributed by atoms with van der Waals surface area (Å²) in [6, 6.07) is 13.6. The van der Waals surface area contributed by atoms with Crippen molar-refractivity contribution in [2.75, 3.05) is 11.9 Å². The molecule has 1 unspecified atom stereocenters. The Morgan fingerprint density at radius 3 is 2.68 bits per heavy atom. The van der Waals surface area contributed by atoms with Crippen molar-refractivity contribution in [1.29, 1.82) is 0 Å². The van der Waals surface area contributed by atoms with Crippen LogP contribution in [-0.4, -0.2) is 23.5 Å². The first kappa shape index (κ1) is 16.6. The molecule has 0 spiro atoms. The molecule has 5 heteroatoms. The lowest BCUT2D eigenvalue weighted by Gasteiger charge is -2.13. The number of aromatic nitrogens is 1. The number of halogens is 1. The largest absolute Gasteiger partial charge is 0.326 e. The summed E-state index contributed by atoms with van der Waals surface area (Å²) >= 11 is 3.37. The Balaban J connectivity index is 1.68. The van der Waals surface area contributed by atoms with Crippen LogP contribution in [-0.2, 0) is 11.2 Å². The van der Waals surface area contributed by atoms with Gasteiger partial charge in [-0.1, -0.05) is 22.0 Å². The molecular formula is C17H20BrN3O. The predicted molar refractivity (Wildman–Crippen MR) is 92.8 cm³/mol. The first-order valence-electron chi connectivity index (χ1n) is 7.32. The van der Waals surface area contributed by atoms with E-state index in [-0.39, 0.29) is 11.9 Å². The number of carbonyl (C=O) groups excluding carboxylic acids is 1. The summed E-state index contributed by atoms with van der Waals surface area (Å²) in [6.07, 6.45) is 3.10. The standard InChI is InChI=1S/C17H20BrN3O/c1-13(19-11-9-15-4-2-3-10-20-15)12-17(22)21-16-7-5-14(18)6-8-16/h2-8,10,13,19H,9,11-12H2,1H3,(H,21,22). The van der Waals surface area contributed by atoms with Crippen LogP contribution in [0.1, 0.15) is 19.0 Å². The summed E-state index contributed by atoms with van der Waals surface area (Å²) in [5.74, 6) is 0.0140. The molecule has 0 aliphatic rings. The molecule has 1 amide bonds. The molecule has 0 fully saturated rings. The molecular weight excluding hydrogens is 342 g/mol. The van der Waals surface area contributed by atoms with Crippen molar-refractivity contribution in [2.45, 2.75) is 25.8 Å². The van der Waals surface area contributed by atoms with E-state index < -0.39 is 0 Å². The van der Waals surface area contributed by atoms with E-state index in [9.17, 15) is 4.79 Å². The maximum atomic E-state index is 12.0. The molecule has 0 saturated heterocycles. The number of nitrogens with zero attached hydrogens (tertiary/aromatic N) is 1. The molecule has 0 saturated carbocycles. The molecule has 2 aromatic rings. The summed E-state index contributed by atoms with van der Waals surface area (Å²) in [4.78, 5) is 16.2. The molecule has 2 rings (SSSR count). The fraction of sp³-hybridized carbons (Fsp3) is 0.294. The minimum atomic E-state index is 0.0140. The molecule has 2 N–H and O–H groups in total. The van der Waals surface area contributed by atoms with E-state index in [1.807, 2.05) is 49.4 Å². The highest BCUT2D eigenvalue weighted by atomic mass is 79.9. The van der Waals surface area contributed by atoms with Crippen LogP contribution in [0.3, 0.4) is 0 Å². The van der Waals surface area contributed by atoms with Gasteiger partial charge in [-0.2, -0.15) is 0 Å². The highest BCUT2D eigenvalue weighted by Gasteiger charge is 2.08. The molecule has 1 atom stereocenters. The Hall–Kier alpha value is -1.72. The normalized spacial score (nSPS) is 11.9. The highest BCUT2D eigenvalue weighted by Crippen LogP contribution is 2.14. The maximum Gasteiger partial charge on any atom is 0.225 e. The lowest BCUT2D eigenvalue weighted by atomic mass is 10.2. The summed E-state index contributed by atoms with van der Waals surface area (Å²) in [5.41, 5.74) is 1.87. The quantitative estimate of drug-likeness (QED) is 0.794. The number of rotatable bonds is 7. The van der Waals surface area contributed by atoms with Gasteiger partial charge in [0.25, 0.3) is 0 Å². The van der Waals surface area contributed by atoms with Crippen LogP contribution in [0, 0.1) is 0 Å². The zero-order valence-corrected chi connectivity index (χ0v) is 14.1. The second-order valence-corrected chi connectivity index (χ2v) is 6.10. The number of pyridine rings is 1. The van der Waals surface area contributed by atoms with Gasteiger partial charge in [-0.15, -0.1) is 0 Å². The average molecular weight is 362 g/mol. The van der Waals surface area contributed by atoms with E-state index in [2.05, 4.69) is 31.5 Å². The van der Waals surface area contributed by atoms with E-state index in [1.54, 1.807) is 6.20 Å². The van der Waals surface area contributed by atoms with E-state index in [1.165, 1.54) is 0 Å². The number of hydrogen-bond acceptors (Lipinski definition) is 3. The third-order valence-electron chi connectivity index (χ3n) is 3.22. The monoisotopic (exact) mass is 361 g/mol. The Morgan fingerprint density at radius 2 is 2.00 bits per heavy atom. The van der Waals surface area contributed by atoms with Crippen molar-refractivity contribution >= 4 is 27.5 Å². The van der Waals surface area contributed by atoms with Crippen LogP contribution >= 0.6 is 15.9 Å². The summed E-state index contributed by atoms with van der Waals surface area (Å²) in [5, 5.41) is 6.24. The Kier molecular flexibility index (Phi) is 6.55. The van der Waals surface area contributed by atoms with Crippen LogP contribution in [0.5, 0.6) is 0 Å². The van der Waals surface area contributed by atoms with Crippen molar-refractivity contribution in [1.82, 2.24) is 10.3 Å². The topological polar surface area (TPSA) is 54.0 Å². The number of anilines is 1. The number of nitrogens with one attached hydrogen (secondary N) is 2. The lowest BCUT2D eigenvalue weighted by molar-refractivity contribution is -0.116. The minimum Gasteiger partial charge on any atom is -0.326 e. The second-order valence-electron chi connectivity index (χ2n) is 5.19. The van der Waals surface area contributed by atoms with Gasteiger partial charge in [0.1, 0.15) is 0 Å². The lowest BCUT2D eigenvalue weighted by Crippen LogP contribution is -2.32. The molecule has 0 bridgehead atoms. The average Bonchev–Trinajstić information content (AvgIpc) is 2.50. The first-order chi connectivity index (χ1) is 10.6. The van der Waals surface area contributed by atoms with Crippen LogP contribution in [0.15, 0.2) is 53.1 Å². The van der Waals surface area contributed by atoms with Gasteiger partial charge in [0.2, 0.25) is 5.91 Å². The van der Waals surface area contributed by atoms with Gasteiger partial charge >= 0.3 is 0 Å². The molecule has 116 valence electrons. The molecule has 1 heterocycles. The number of amides is 1. The Bertz CT molecular complexity index is 587. The molecule has 22 heavy (non-hydrogen) atoms. The fourth-order valence-corrected chi connectivity index (χ4v) is 2.35. The van der Waals surface area contributed by atoms with Crippen molar-refractivity contribution in [3.63, 3.8) is 0 Å². The third kappa shape index (κ3) is 5.95. The summed E-state index contributed by atoms with van der Waals surface area (Å²) in [6.45, 7) is 2.82. The van der Waals surface area contributed by atoms with Crippen molar-refractivity contribution in [3.8, 4) is 0 Å². The minimum absolute atomic E-state index is 0.0140. The van der Waals surface area contributed by atoms with E-state index in [4.69, 9.17) is 0 Å². The predicted octanol–water partition coefficient (Wildman–Crippen LogP) is 3.39. The smallest absolute Gasteiger partial charge is 0.225 e. The number of carbonyl (C=O) groups is 1. The molecule has 1 aromatic heterocycles. The van der Waals surface area contributed by atoms with Crippen LogP contribution in [0.25, 0.3) is 0 Å². The third-order valence-corrected chi connectivity index (χ3v) is 3.75. The molecule has 1 aromatic carbocycles. The highest BCUT2D eigenvalue weighted by molar-refractivity contribution is 9.10. The van der Waals surface area contributed by atoms with Crippen LogP contribution in [0.4, 0.5) is 5.69 Å². The van der Waals surface area contributed by atoms with Gasteiger partial charge < -0.3 is 10.6 Å². The molecule has 0 radical (unpaired) electrons. The summed E-state index contributed by atoms with van der Waals surface area (Å²) in [7, 11) is 0. The molecule has 0 aliphatic carbocycles. The van der Waals surface area contributed by atoms with Gasteiger partial charge in [0, 0.05) is 47.5 Å². The fourth-order valence-electron chi connectivity index (χ4n) is 2.09. The van der Waals surface area contributed by atoms with Gasteiger partial charge in [-0.25, -0.2) is 0 Å². The van der Waals surface area contributed by atoms with Gasteiger partial charge in [0.05, 0.1) is 0 Å². The SMILES string of the molecule is CC(CC(=O)Nc1ccc(Br)cc1)NCCc1ccccn1. The van der Waals surface area contributed by atoms with Crippen molar-refractivity contribution in [3.05, 3.63) is 58.8 Å². The second kappa shape index (κ2) is 8.66. The van der Waals surface area contributed by atoms with Gasteiger partial charge in [0.15, 0.2) is 0 Å². The van der Waals surface area contributed by atoms with Crippen LogP contribution < -0.4 is 10.6 Å². The Labute approximate surface area is 139 Å². The van der Waals surface area contributed by atoms with Crippen molar-refractivity contribution in [2.24, 2.45) is 0 Å². The number of benzene rings is 1. The van der Waals surface area contributed by atoms with Crippen molar-refractivity contribution < 1.29 is 4.79 Å². The molecule has 4 nitrogen and oxygen atoms in total. The zero-order chi connectivity index (χ0) is 15.8. The first-order valence-corrected chi connectivity index (χ1v) is 8.11. The maximum absolute atomic E-state index is 12.0.